The van der Waals surface area contributed by atoms with Crippen LogP contribution in [0.25, 0.3) is 11.0 Å². The van der Waals surface area contributed by atoms with Gasteiger partial charge in [0.2, 0.25) is 5.91 Å². The number of hydrogen-bond donors (Lipinski definition) is 3. The summed E-state index contributed by atoms with van der Waals surface area (Å²) in [5.41, 5.74) is 2.67. The molecule has 1 saturated carbocycles. The number of benzene rings is 1. The summed E-state index contributed by atoms with van der Waals surface area (Å²) in [4.78, 5) is 32.1. The molecule has 2 amide bonds. The molecule has 1 aromatic carbocycles. The van der Waals surface area contributed by atoms with Gasteiger partial charge in [0.05, 0.1) is 30.0 Å². The van der Waals surface area contributed by atoms with Gasteiger partial charge in [0, 0.05) is 19.7 Å². The molecule has 3 aromatic rings. The molecular weight excluding hydrogens is 437 g/mol. The number of halogens is 3. The summed E-state index contributed by atoms with van der Waals surface area (Å²) in [6, 6.07) is 6.78. The van der Waals surface area contributed by atoms with Crippen LogP contribution in [0.4, 0.5) is 13.2 Å². The van der Waals surface area contributed by atoms with E-state index in [1.54, 1.807) is 19.2 Å². The Kier molecular flexibility index (Phi) is 6.39. The van der Waals surface area contributed by atoms with Gasteiger partial charge in [-0.15, -0.1) is 0 Å². The van der Waals surface area contributed by atoms with Crippen molar-refractivity contribution in [3.05, 3.63) is 47.5 Å². The number of nitrogens with one attached hydrogen (secondary N) is 3. The monoisotopic (exact) mass is 462 g/mol. The summed E-state index contributed by atoms with van der Waals surface area (Å²) < 4.78 is 38.9. The average molecular weight is 462 g/mol. The largest absolute Gasteiger partial charge is 0.389 e. The van der Waals surface area contributed by atoms with Crippen LogP contribution < -0.4 is 10.6 Å². The third kappa shape index (κ3) is 5.52. The van der Waals surface area contributed by atoms with Crippen LogP contribution in [0.5, 0.6) is 0 Å². The maximum absolute atomic E-state index is 12.5. The highest BCUT2D eigenvalue weighted by molar-refractivity contribution is 5.92. The second kappa shape index (κ2) is 9.24. The lowest BCUT2D eigenvalue weighted by Crippen LogP contribution is -2.36. The maximum atomic E-state index is 12.5. The summed E-state index contributed by atoms with van der Waals surface area (Å²) in [6.45, 7) is 0.189. The van der Waals surface area contributed by atoms with Gasteiger partial charge in [-0.2, -0.15) is 18.3 Å². The molecule has 0 aliphatic heterocycles. The van der Waals surface area contributed by atoms with Gasteiger partial charge in [-0.05, 0) is 42.5 Å². The number of amides is 2. The molecule has 11 heteroatoms. The summed E-state index contributed by atoms with van der Waals surface area (Å²) in [6.07, 6.45) is -1.68. The van der Waals surface area contributed by atoms with Gasteiger partial charge in [0.25, 0.3) is 5.91 Å². The molecule has 176 valence electrons. The van der Waals surface area contributed by atoms with Crippen LogP contribution in [0.3, 0.4) is 0 Å². The number of aromatic nitrogens is 4. The molecule has 2 heterocycles. The molecule has 1 aliphatic rings. The van der Waals surface area contributed by atoms with Crippen molar-refractivity contribution in [2.45, 2.75) is 50.9 Å². The Bertz CT molecular complexity index is 1150. The zero-order valence-corrected chi connectivity index (χ0v) is 18.1. The van der Waals surface area contributed by atoms with Gasteiger partial charge >= 0.3 is 6.18 Å². The van der Waals surface area contributed by atoms with Gasteiger partial charge in [-0.25, -0.2) is 4.98 Å². The Balaban J connectivity index is 1.45. The highest BCUT2D eigenvalue weighted by Crippen LogP contribution is 2.38. The van der Waals surface area contributed by atoms with E-state index >= 15 is 0 Å². The Labute approximate surface area is 187 Å². The number of imidazole rings is 1. The SMILES string of the molecule is Cn1nccc1C(=O)NCc1nc2ccc(C(NC(=O)CCC(F)(F)F)C3CCC3)cc2[nH]1. The Morgan fingerprint density at radius 1 is 1.27 bits per heavy atom. The number of fused-ring (bicyclic) bond motifs is 1. The minimum absolute atomic E-state index is 0.189. The molecule has 8 nitrogen and oxygen atoms in total. The van der Waals surface area contributed by atoms with E-state index in [1.165, 1.54) is 10.9 Å². The van der Waals surface area contributed by atoms with Crippen molar-refractivity contribution < 1.29 is 22.8 Å². The fourth-order valence-corrected chi connectivity index (χ4v) is 3.96. The van der Waals surface area contributed by atoms with Crippen LogP contribution in [0.2, 0.25) is 0 Å². The van der Waals surface area contributed by atoms with Gasteiger partial charge in [-0.3, -0.25) is 14.3 Å². The molecule has 3 N–H and O–H groups in total. The fraction of sp³-hybridized carbons (Fsp3) is 0.455. The summed E-state index contributed by atoms with van der Waals surface area (Å²) in [5.74, 6) is -0.125. The van der Waals surface area contributed by atoms with Crippen LogP contribution in [0.15, 0.2) is 30.5 Å². The molecule has 1 fully saturated rings. The number of carbonyl (C=O) groups excluding carboxylic acids is 2. The van der Waals surface area contributed by atoms with Gasteiger partial charge in [0.15, 0.2) is 0 Å². The molecule has 0 saturated heterocycles. The van der Waals surface area contributed by atoms with E-state index in [4.69, 9.17) is 0 Å². The number of carbonyl (C=O) groups is 2. The van der Waals surface area contributed by atoms with Crippen LogP contribution in [0, 0.1) is 5.92 Å². The van der Waals surface area contributed by atoms with E-state index < -0.39 is 24.9 Å². The predicted octanol–water partition coefficient (Wildman–Crippen LogP) is 3.53. The van der Waals surface area contributed by atoms with Crippen molar-refractivity contribution in [3.63, 3.8) is 0 Å². The smallest absolute Gasteiger partial charge is 0.349 e. The first-order valence-electron chi connectivity index (χ1n) is 10.8. The minimum atomic E-state index is -4.36. The third-order valence-corrected chi connectivity index (χ3v) is 5.96. The van der Waals surface area contributed by atoms with Gasteiger partial charge in [-0.1, -0.05) is 12.5 Å². The first-order valence-corrected chi connectivity index (χ1v) is 10.8. The predicted molar refractivity (Wildman–Crippen MR) is 114 cm³/mol. The Hall–Kier alpha value is -3.37. The lowest BCUT2D eigenvalue weighted by Gasteiger charge is -2.34. The van der Waals surface area contributed by atoms with Gasteiger partial charge < -0.3 is 15.6 Å². The third-order valence-electron chi connectivity index (χ3n) is 5.96. The van der Waals surface area contributed by atoms with Crippen LogP contribution in [0.1, 0.15) is 60.0 Å². The molecule has 1 unspecified atom stereocenters. The number of aryl methyl sites for hydroxylation is 1. The quantitative estimate of drug-likeness (QED) is 0.476. The molecule has 0 radical (unpaired) electrons. The maximum Gasteiger partial charge on any atom is 0.389 e. The van der Waals surface area contributed by atoms with Crippen molar-refractivity contribution in [2.75, 3.05) is 0 Å². The molecule has 2 aromatic heterocycles. The highest BCUT2D eigenvalue weighted by Gasteiger charge is 2.32. The second-order valence-electron chi connectivity index (χ2n) is 8.33. The van der Waals surface area contributed by atoms with Crippen LogP contribution >= 0.6 is 0 Å². The van der Waals surface area contributed by atoms with Gasteiger partial charge in [0.1, 0.15) is 11.5 Å². The fourth-order valence-electron chi connectivity index (χ4n) is 3.96. The van der Waals surface area contributed by atoms with E-state index in [9.17, 15) is 22.8 Å². The Morgan fingerprint density at radius 2 is 2.06 bits per heavy atom. The molecular formula is C22H25F3N6O2. The second-order valence-corrected chi connectivity index (χ2v) is 8.33. The van der Waals surface area contributed by atoms with E-state index in [0.717, 1.165) is 30.3 Å². The van der Waals surface area contributed by atoms with Crippen LogP contribution in [-0.4, -0.2) is 37.7 Å². The number of rotatable bonds is 8. The Morgan fingerprint density at radius 3 is 2.70 bits per heavy atom. The van der Waals surface area contributed by atoms with Crippen molar-refractivity contribution in [2.24, 2.45) is 13.0 Å². The molecule has 0 bridgehead atoms. The molecule has 1 aliphatic carbocycles. The minimum Gasteiger partial charge on any atom is -0.349 e. The van der Waals surface area contributed by atoms with Crippen molar-refractivity contribution in [1.82, 2.24) is 30.4 Å². The molecule has 4 rings (SSSR count). The average Bonchev–Trinajstić information content (AvgIpc) is 3.33. The summed E-state index contributed by atoms with van der Waals surface area (Å²) in [7, 11) is 1.68. The topological polar surface area (TPSA) is 105 Å². The number of alkyl halides is 3. The molecule has 33 heavy (non-hydrogen) atoms. The lowest BCUT2D eigenvalue weighted by molar-refractivity contribution is -0.144. The van der Waals surface area contributed by atoms with E-state index in [2.05, 4.69) is 25.7 Å². The highest BCUT2D eigenvalue weighted by atomic mass is 19.4. The first kappa shape index (κ1) is 22.8. The van der Waals surface area contributed by atoms with E-state index in [1.807, 2.05) is 12.1 Å². The zero-order valence-electron chi connectivity index (χ0n) is 18.1. The zero-order chi connectivity index (χ0) is 23.6. The lowest BCUT2D eigenvalue weighted by atomic mass is 9.77. The van der Waals surface area contributed by atoms with Crippen molar-refractivity contribution in [3.8, 4) is 0 Å². The number of H-pyrrole nitrogens is 1. The summed E-state index contributed by atoms with van der Waals surface area (Å²) >= 11 is 0. The summed E-state index contributed by atoms with van der Waals surface area (Å²) in [5, 5.41) is 9.56. The van der Waals surface area contributed by atoms with E-state index in [-0.39, 0.29) is 24.4 Å². The molecule has 1 atom stereocenters. The number of hydrogen-bond acceptors (Lipinski definition) is 4. The number of aromatic amines is 1. The normalized spacial score (nSPS) is 15.3. The number of nitrogens with zero attached hydrogens (tertiary/aromatic N) is 3. The first-order chi connectivity index (χ1) is 15.7. The van der Waals surface area contributed by atoms with Crippen molar-refractivity contribution >= 4 is 22.8 Å². The van der Waals surface area contributed by atoms with Crippen molar-refractivity contribution in [1.29, 1.82) is 0 Å². The molecule has 0 spiro atoms. The van der Waals surface area contributed by atoms with Crippen LogP contribution in [-0.2, 0) is 18.4 Å². The van der Waals surface area contributed by atoms with E-state index in [0.29, 0.717) is 17.0 Å². The standard InChI is InChI=1S/C22H25F3N6O2/c1-31-17(8-10-27-31)21(33)26-12-18-28-15-6-5-14(11-16(15)29-18)20(13-3-2-4-13)30-19(32)7-9-22(23,24)25/h5-6,8,10-11,13,20H,2-4,7,9,12H2,1H3,(H,26,33)(H,28,29)(H,30,32).